The van der Waals surface area contributed by atoms with Gasteiger partial charge in [0, 0.05) is 6.04 Å². The third-order valence-corrected chi connectivity index (χ3v) is 4.55. The summed E-state index contributed by atoms with van der Waals surface area (Å²) in [4.78, 5) is 0.130. The Morgan fingerprint density at radius 2 is 2.05 bits per heavy atom. The molecule has 19 heavy (non-hydrogen) atoms. The minimum absolute atomic E-state index is 0.0153. The molecule has 5 nitrogen and oxygen atoms in total. The highest BCUT2D eigenvalue weighted by molar-refractivity contribution is 7.89. The molecule has 0 amide bonds. The summed E-state index contributed by atoms with van der Waals surface area (Å²) in [5.74, 6) is -0.0153. The van der Waals surface area contributed by atoms with Crippen LogP contribution in [0.2, 0.25) is 0 Å². The SMILES string of the molecule is Cc1cc(C#N)ccc1S(=O)(=O)N[C@H](CO)C(C)C. The molecular weight excluding hydrogens is 264 g/mol. The van der Waals surface area contributed by atoms with E-state index in [0.29, 0.717) is 11.1 Å². The monoisotopic (exact) mass is 282 g/mol. The standard InChI is InChI=1S/C13H18N2O3S/c1-9(2)12(8-16)15-19(17,18)13-5-4-11(7-14)6-10(13)3/h4-6,9,12,15-16H,8H2,1-3H3/t12-/m1/s1. The molecule has 1 rings (SSSR count). The van der Waals surface area contributed by atoms with Crippen molar-refractivity contribution in [1.29, 1.82) is 5.26 Å². The fraction of sp³-hybridized carbons (Fsp3) is 0.462. The van der Waals surface area contributed by atoms with Gasteiger partial charge in [0.1, 0.15) is 0 Å². The largest absolute Gasteiger partial charge is 0.395 e. The fourth-order valence-corrected chi connectivity index (χ4v) is 3.27. The van der Waals surface area contributed by atoms with Gasteiger partial charge in [-0.15, -0.1) is 0 Å². The molecule has 104 valence electrons. The van der Waals surface area contributed by atoms with Crippen LogP contribution in [-0.4, -0.2) is 26.2 Å². The number of rotatable bonds is 5. The quantitative estimate of drug-likeness (QED) is 0.848. The number of aryl methyl sites for hydroxylation is 1. The van der Waals surface area contributed by atoms with Crippen molar-refractivity contribution in [3.8, 4) is 6.07 Å². The van der Waals surface area contributed by atoms with E-state index in [2.05, 4.69) is 4.72 Å². The summed E-state index contributed by atoms with van der Waals surface area (Å²) < 4.78 is 26.9. The van der Waals surface area contributed by atoms with Gasteiger partial charge in [-0.05, 0) is 36.6 Å². The Hall–Kier alpha value is -1.42. The molecule has 0 aliphatic carbocycles. The van der Waals surface area contributed by atoms with Crippen LogP contribution >= 0.6 is 0 Å². The lowest BCUT2D eigenvalue weighted by molar-refractivity contribution is 0.227. The molecule has 0 saturated carbocycles. The first-order chi connectivity index (χ1) is 8.81. The minimum atomic E-state index is -3.69. The predicted molar refractivity (Wildman–Crippen MR) is 71.9 cm³/mol. The maximum absolute atomic E-state index is 12.2. The lowest BCUT2D eigenvalue weighted by atomic mass is 10.1. The summed E-state index contributed by atoms with van der Waals surface area (Å²) in [7, 11) is -3.69. The van der Waals surface area contributed by atoms with Crippen LogP contribution in [0.1, 0.15) is 25.0 Å². The molecule has 0 aliphatic heterocycles. The summed E-state index contributed by atoms with van der Waals surface area (Å²) in [6, 6.07) is 5.83. The summed E-state index contributed by atoms with van der Waals surface area (Å²) in [6.45, 7) is 5.04. The molecule has 0 radical (unpaired) electrons. The van der Waals surface area contributed by atoms with E-state index >= 15 is 0 Å². The van der Waals surface area contributed by atoms with E-state index in [9.17, 15) is 13.5 Å². The van der Waals surface area contributed by atoms with Crippen LogP contribution < -0.4 is 4.72 Å². The second kappa shape index (κ2) is 6.15. The van der Waals surface area contributed by atoms with Crippen LogP contribution in [0.25, 0.3) is 0 Å². The van der Waals surface area contributed by atoms with Crippen LogP contribution in [0.3, 0.4) is 0 Å². The van der Waals surface area contributed by atoms with Crippen LogP contribution in [-0.2, 0) is 10.0 Å². The van der Waals surface area contributed by atoms with E-state index in [1.165, 1.54) is 18.2 Å². The molecular formula is C13H18N2O3S. The van der Waals surface area contributed by atoms with Crippen molar-refractivity contribution in [2.24, 2.45) is 5.92 Å². The molecule has 0 bridgehead atoms. The van der Waals surface area contributed by atoms with Crippen LogP contribution in [0.5, 0.6) is 0 Å². The molecule has 0 aliphatic rings. The number of aliphatic hydroxyl groups excluding tert-OH is 1. The minimum Gasteiger partial charge on any atom is -0.395 e. The van der Waals surface area contributed by atoms with Gasteiger partial charge >= 0.3 is 0 Å². The zero-order valence-corrected chi connectivity index (χ0v) is 12.0. The lowest BCUT2D eigenvalue weighted by Gasteiger charge is -2.20. The number of nitrogens with one attached hydrogen (secondary N) is 1. The molecule has 1 aromatic carbocycles. The maximum Gasteiger partial charge on any atom is 0.241 e. The maximum atomic E-state index is 12.2. The number of nitriles is 1. The van der Waals surface area contributed by atoms with Gasteiger partial charge in [-0.25, -0.2) is 13.1 Å². The highest BCUT2D eigenvalue weighted by Gasteiger charge is 2.23. The Morgan fingerprint density at radius 1 is 1.42 bits per heavy atom. The zero-order chi connectivity index (χ0) is 14.6. The molecule has 0 saturated heterocycles. The van der Waals surface area contributed by atoms with Crippen molar-refractivity contribution in [3.63, 3.8) is 0 Å². The Labute approximate surface area is 113 Å². The number of benzene rings is 1. The average molecular weight is 282 g/mol. The van der Waals surface area contributed by atoms with Gasteiger partial charge in [0.15, 0.2) is 0 Å². The van der Waals surface area contributed by atoms with E-state index < -0.39 is 16.1 Å². The second-order valence-corrected chi connectivity index (χ2v) is 6.43. The third kappa shape index (κ3) is 3.77. The number of hydrogen-bond acceptors (Lipinski definition) is 4. The summed E-state index contributed by atoms with van der Waals surface area (Å²) in [6.07, 6.45) is 0. The van der Waals surface area contributed by atoms with E-state index in [-0.39, 0.29) is 17.4 Å². The number of nitrogens with zero attached hydrogens (tertiary/aromatic N) is 1. The van der Waals surface area contributed by atoms with Crippen molar-refractivity contribution >= 4 is 10.0 Å². The first-order valence-corrected chi connectivity index (χ1v) is 7.44. The first-order valence-electron chi connectivity index (χ1n) is 5.95. The normalized spacial score (nSPS) is 13.3. The molecule has 2 N–H and O–H groups in total. The molecule has 0 spiro atoms. The molecule has 0 aromatic heterocycles. The molecule has 1 aromatic rings. The third-order valence-electron chi connectivity index (χ3n) is 2.90. The van der Waals surface area contributed by atoms with Gasteiger partial charge in [-0.1, -0.05) is 13.8 Å². The van der Waals surface area contributed by atoms with Crippen LogP contribution in [0.15, 0.2) is 23.1 Å². The Morgan fingerprint density at radius 3 is 2.47 bits per heavy atom. The van der Waals surface area contributed by atoms with Gasteiger partial charge in [-0.2, -0.15) is 5.26 Å². The van der Waals surface area contributed by atoms with Crippen molar-refractivity contribution in [3.05, 3.63) is 29.3 Å². The Bertz CT molecular complexity index is 588. The van der Waals surface area contributed by atoms with E-state index in [1.54, 1.807) is 6.92 Å². The van der Waals surface area contributed by atoms with Crippen molar-refractivity contribution in [2.45, 2.75) is 31.7 Å². The number of sulfonamides is 1. The number of aliphatic hydroxyl groups is 1. The van der Waals surface area contributed by atoms with E-state index in [4.69, 9.17) is 5.26 Å². The number of hydrogen-bond donors (Lipinski definition) is 2. The smallest absolute Gasteiger partial charge is 0.241 e. The predicted octanol–water partition coefficient (Wildman–Crippen LogP) is 1.16. The topological polar surface area (TPSA) is 90.2 Å². The van der Waals surface area contributed by atoms with E-state index in [1.807, 2.05) is 19.9 Å². The highest BCUT2D eigenvalue weighted by atomic mass is 32.2. The lowest BCUT2D eigenvalue weighted by Crippen LogP contribution is -2.41. The molecule has 0 unspecified atom stereocenters. The zero-order valence-electron chi connectivity index (χ0n) is 11.2. The molecule has 0 fully saturated rings. The fourth-order valence-electron chi connectivity index (χ4n) is 1.67. The first kappa shape index (κ1) is 15.6. The highest BCUT2D eigenvalue weighted by Crippen LogP contribution is 2.17. The van der Waals surface area contributed by atoms with Gasteiger partial charge in [0.25, 0.3) is 0 Å². The Balaban J connectivity index is 3.11. The molecule has 6 heteroatoms. The molecule has 1 atom stereocenters. The second-order valence-electron chi connectivity index (χ2n) is 4.75. The van der Waals surface area contributed by atoms with Crippen molar-refractivity contribution in [2.75, 3.05) is 6.61 Å². The van der Waals surface area contributed by atoms with Gasteiger partial charge in [0.2, 0.25) is 10.0 Å². The van der Waals surface area contributed by atoms with E-state index in [0.717, 1.165) is 0 Å². The van der Waals surface area contributed by atoms with Gasteiger partial charge in [0.05, 0.1) is 23.1 Å². The average Bonchev–Trinajstić information content (AvgIpc) is 2.35. The van der Waals surface area contributed by atoms with Crippen LogP contribution in [0.4, 0.5) is 0 Å². The van der Waals surface area contributed by atoms with Crippen LogP contribution in [0, 0.1) is 24.2 Å². The molecule has 0 heterocycles. The summed E-state index contributed by atoms with van der Waals surface area (Å²) in [5, 5.41) is 18.0. The van der Waals surface area contributed by atoms with Crippen molar-refractivity contribution < 1.29 is 13.5 Å². The summed E-state index contributed by atoms with van der Waals surface area (Å²) in [5.41, 5.74) is 0.922. The van der Waals surface area contributed by atoms with Gasteiger partial charge < -0.3 is 5.11 Å². The Kier molecular flexibility index (Phi) is 5.06. The summed E-state index contributed by atoms with van der Waals surface area (Å²) >= 11 is 0. The van der Waals surface area contributed by atoms with Gasteiger partial charge in [-0.3, -0.25) is 0 Å². The van der Waals surface area contributed by atoms with Crippen molar-refractivity contribution in [1.82, 2.24) is 4.72 Å².